The highest BCUT2D eigenvalue weighted by atomic mass is 32.1. The van der Waals surface area contributed by atoms with E-state index in [4.69, 9.17) is 0 Å². The number of carbonyl (C=O) groups excluding carboxylic acids is 2. The van der Waals surface area contributed by atoms with Crippen LogP contribution in [-0.4, -0.2) is 41.2 Å². The van der Waals surface area contributed by atoms with Crippen LogP contribution in [0.2, 0.25) is 0 Å². The molecular formula is C31H25F6N3O3S. The van der Waals surface area contributed by atoms with Gasteiger partial charge in [0, 0.05) is 36.5 Å². The Labute approximate surface area is 252 Å². The van der Waals surface area contributed by atoms with Gasteiger partial charge in [-0.1, -0.05) is 42.5 Å². The standard InChI is InChI=1S/C31H25F6N3O3S/c32-30(33,34)22-9-7-20(8-10-22)24-3-1-2-4-25(24)29(42)40-15-13-21(14-16-40)28-39-26(18-44-28)27(41)38-17-19-5-11-23(12-6-19)43-31(35,36)37/h1-12,18,21H,13-17H2,(H,38,41). The molecule has 3 aromatic carbocycles. The van der Waals surface area contributed by atoms with Crippen LogP contribution in [-0.2, 0) is 12.7 Å². The minimum atomic E-state index is -4.78. The van der Waals surface area contributed by atoms with Gasteiger partial charge in [0.1, 0.15) is 11.4 Å². The van der Waals surface area contributed by atoms with Crippen LogP contribution in [0.15, 0.2) is 78.2 Å². The van der Waals surface area contributed by atoms with Crippen LogP contribution in [0.3, 0.4) is 0 Å². The summed E-state index contributed by atoms with van der Waals surface area (Å²) in [6, 6.07) is 16.7. The summed E-state index contributed by atoms with van der Waals surface area (Å²) in [5, 5.41) is 5.11. The quantitative estimate of drug-likeness (QED) is 0.212. The van der Waals surface area contributed by atoms with Gasteiger partial charge in [-0.15, -0.1) is 24.5 Å². The van der Waals surface area contributed by atoms with E-state index in [1.165, 1.54) is 47.7 Å². The van der Waals surface area contributed by atoms with Gasteiger partial charge in [-0.3, -0.25) is 9.59 Å². The molecule has 2 amide bonds. The maximum Gasteiger partial charge on any atom is 0.573 e. The predicted molar refractivity (Wildman–Crippen MR) is 151 cm³/mol. The maximum atomic E-state index is 13.4. The third-order valence-corrected chi connectivity index (χ3v) is 8.18. The second-order valence-electron chi connectivity index (χ2n) is 10.1. The Kier molecular flexibility index (Phi) is 8.95. The molecule has 0 radical (unpaired) electrons. The molecule has 0 bridgehead atoms. The molecule has 5 rings (SSSR count). The SMILES string of the molecule is O=C(NCc1ccc(OC(F)(F)F)cc1)c1csc(C2CCN(C(=O)c3ccccc3-c3ccc(C(F)(F)F)cc3)CC2)n1. The number of hydrogen-bond donors (Lipinski definition) is 1. The number of piperidine rings is 1. The van der Waals surface area contributed by atoms with Gasteiger partial charge in [-0.2, -0.15) is 13.2 Å². The zero-order chi connectivity index (χ0) is 31.5. The summed E-state index contributed by atoms with van der Waals surface area (Å²) < 4.78 is 79.8. The van der Waals surface area contributed by atoms with Gasteiger partial charge in [0.15, 0.2) is 0 Å². The fourth-order valence-corrected chi connectivity index (χ4v) is 5.89. The van der Waals surface area contributed by atoms with Crippen LogP contribution in [0.5, 0.6) is 5.75 Å². The number of ether oxygens (including phenoxy) is 1. The summed E-state index contributed by atoms with van der Waals surface area (Å²) in [6.45, 7) is 0.979. The summed E-state index contributed by atoms with van der Waals surface area (Å²) in [5.41, 5.74) is 1.52. The van der Waals surface area contributed by atoms with E-state index in [2.05, 4.69) is 15.0 Å². The largest absolute Gasteiger partial charge is 0.573 e. The number of hydrogen-bond acceptors (Lipinski definition) is 5. The summed E-state index contributed by atoms with van der Waals surface area (Å²) in [4.78, 5) is 32.3. The van der Waals surface area contributed by atoms with Crippen molar-refractivity contribution in [1.82, 2.24) is 15.2 Å². The maximum absolute atomic E-state index is 13.4. The monoisotopic (exact) mass is 633 g/mol. The highest BCUT2D eigenvalue weighted by Gasteiger charge is 2.32. The molecule has 0 saturated carbocycles. The topological polar surface area (TPSA) is 71.5 Å². The van der Waals surface area contributed by atoms with Crippen molar-refractivity contribution in [2.45, 2.75) is 37.8 Å². The van der Waals surface area contributed by atoms with Crippen molar-refractivity contribution < 1.29 is 40.7 Å². The average Bonchev–Trinajstić information content (AvgIpc) is 3.50. The van der Waals surface area contributed by atoms with Crippen LogP contribution in [0, 0.1) is 0 Å². The first-order valence-electron chi connectivity index (χ1n) is 13.5. The van der Waals surface area contributed by atoms with Gasteiger partial charge in [0.2, 0.25) is 0 Å². The molecule has 2 heterocycles. The zero-order valence-corrected chi connectivity index (χ0v) is 23.7. The molecule has 1 N–H and O–H groups in total. The highest BCUT2D eigenvalue weighted by molar-refractivity contribution is 7.09. The van der Waals surface area contributed by atoms with E-state index >= 15 is 0 Å². The third kappa shape index (κ3) is 7.57. The number of carbonyl (C=O) groups is 2. The average molecular weight is 634 g/mol. The Hall–Kier alpha value is -4.39. The first-order chi connectivity index (χ1) is 20.9. The number of rotatable bonds is 7. The molecule has 0 atom stereocenters. The molecule has 1 aliphatic heterocycles. The molecule has 1 aliphatic rings. The summed E-state index contributed by atoms with van der Waals surface area (Å²) in [5.74, 6) is -0.948. The molecule has 0 spiro atoms. The van der Waals surface area contributed by atoms with E-state index in [9.17, 15) is 35.9 Å². The van der Waals surface area contributed by atoms with Crippen LogP contribution < -0.4 is 10.1 Å². The molecule has 0 aliphatic carbocycles. The van der Waals surface area contributed by atoms with Crippen molar-refractivity contribution in [2.24, 2.45) is 0 Å². The second-order valence-corrected chi connectivity index (χ2v) is 11.0. The van der Waals surface area contributed by atoms with Crippen LogP contribution in [0.25, 0.3) is 11.1 Å². The summed E-state index contributed by atoms with van der Waals surface area (Å²) in [7, 11) is 0. The van der Waals surface area contributed by atoms with E-state index in [-0.39, 0.29) is 29.8 Å². The molecule has 230 valence electrons. The normalized spacial score (nSPS) is 14.4. The van der Waals surface area contributed by atoms with E-state index in [1.54, 1.807) is 34.5 Å². The number of nitrogens with zero attached hydrogens (tertiary/aromatic N) is 2. The number of aromatic nitrogens is 1. The molecule has 1 fully saturated rings. The Balaban J connectivity index is 1.16. The van der Waals surface area contributed by atoms with Crippen molar-refractivity contribution in [3.63, 3.8) is 0 Å². The van der Waals surface area contributed by atoms with Crippen LogP contribution in [0.1, 0.15) is 55.7 Å². The van der Waals surface area contributed by atoms with E-state index in [0.717, 1.165) is 17.1 Å². The van der Waals surface area contributed by atoms with Gasteiger partial charge in [0.25, 0.3) is 11.8 Å². The second kappa shape index (κ2) is 12.7. The van der Waals surface area contributed by atoms with E-state index < -0.39 is 24.0 Å². The van der Waals surface area contributed by atoms with Gasteiger partial charge in [0.05, 0.1) is 10.6 Å². The van der Waals surface area contributed by atoms with E-state index in [0.29, 0.717) is 48.2 Å². The lowest BCUT2D eigenvalue weighted by molar-refractivity contribution is -0.274. The fraction of sp³-hybridized carbons (Fsp3) is 0.258. The van der Waals surface area contributed by atoms with Gasteiger partial charge in [-0.25, -0.2) is 4.98 Å². The molecule has 4 aromatic rings. The number of nitrogens with one attached hydrogen (secondary N) is 1. The minimum absolute atomic E-state index is 0.0388. The number of halogens is 6. The molecule has 13 heteroatoms. The number of amides is 2. The Morgan fingerprint density at radius 1 is 0.909 bits per heavy atom. The summed E-state index contributed by atoms with van der Waals surface area (Å²) in [6.07, 6.45) is -7.99. The minimum Gasteiger partial charge on any atom is -0.406 e. The number of alkyl halides is 6. The van der Waals surface area contributed by atoms with Gasteiger partial charge >= 0.3 is 12.5 Å². The molecular weight excluding hydrogens is 608 g/mol. The van der Waals surface area contributed by atoms with Crippen LogP contribution in [0.4, 0.5) is 26.3 Å². The number of likely N-dealkylation sites (tertiary alicyclic amines) is 1. The van der Waals surface area contributed by atoms with Crippen molar-refractivity contribution in [2.75, 3.05) is 13.1 Å². The first-order valence-corrected chi connectivity index (χ1v) is 14.4. The Bertz CT molecular complexity index is 1610. The molecule has 6 nitrogen and oxygen atoms in total. The van der Waals surface area contributed by atoms with Crippen molar-refractivity contribution >= 4 is 23.2 Å². The summed E-state index contributed by atoms with van der Waals surface area (Å²) >= 11 is 1.34. The zero-order valence-electron chi connectivity index (χ0n) is 22.9. The molecule has 1 aromatic heterocycles. The number of benzene rings is 3. The first kappa shape index (κ1) is 31.0. The highest BCUT2D eigenvalue weighted by Crippen LogP contribution is 2.34. The van der Waals surface area contributed by atoms with Gasteiger partial charge in [-0.05, 0) is 59.9 Å². The lowest BCUT2D eigenvalue weighted by Gasteiger charge is -2.31. The third-order valence-electron chi connectivity index (χ3n) is 7.18. The van der Waals surface area contributed by atoms with E-state index in [1.807, 2.05) is 0 Å². The molecule has 44 heavy (non-hydrogen) atoms. The van der Waals surface area contributed by atoms with Crippen molar-refractivity contribution in [3.05, 3.63) is 106 Å². The predicted octanol–water partition coefficient (Wildman–Crippen LogP) is 7.68. The smallest absolute Gasteiger partial charge is 0.406 e. The lowest BCUT2D eigenvalue weighted by atomic mass is 9.94. The lowest BCUT2D eigenvalue weighted by Crippen LogP contribution is -2.38. The van der Waals surface area contributed by atoms with Gasteiger partial charge < -0.3 is 15.0 Å². The van der Waals surface area contributed by atoms with Crippen molar-refractivity contribution in [1.29, 1.82) is 0 Å². The Morgan fingerprint density at radius 3 is 2.20 bits per heavy atom. The van der Waals surface area contributed by atoms with Crippen LogP contribution >= 0.6 is 11.3 Å². The molecule has 0 unspecified atom stereocenters. The fourth-order valence-electron chi connectivity index (χ4n) is 4.92. The Morgan fingerprint density at radius 2 is 1.57 bits per heavy atom. The number of thiazole rings is 1. The molecule has 1 saturated heterocycles. The van der Waals surface area contributed by atoms with Crippen molar-refractivity contribution in [3.8, 4) is 16.9 Å².